The number of aliphatic carboxylic acids is 1. The van der Waals surface area contributed by atoms with Gasteiger partial charge in [-0.15, -0.1) is 0 Å². The first-order valence-electron chi connectivity index (χ1n) is 10.2. The van der Waals surface area contributed by atoms with Crippen molar-refractivity contribution in [1.82, 2.24) is 10.2 Å². The molecule has 2 N–H and O–H groups in total. The van der Waals surface area contributed by atoms with Crippen molar-refractivity contribution in [2.75, 3.05) is 13.2 Å². The Morgan fingerprint density at radius 3 is 2.52 bits per heavy atom. The topological polar surface area (TPSA) is 105 Å². The van der Waals surface area contributed by atoms with E-state index in [-0.39, 0.29) is 12.5 Å². The van der Waals surface area contributed by atoms with Crippen molar-refractivity contribution in [2.24, 2.45) is 11.8 Å². The maximum Gasteiger partial charge on any atom is 0.324 e. The summed E-state index contributed by atoms with van der Waals surface area (Å²) in [5.74, 6) is -2.66. The molecule has 8 heteroatoms. The van der Waals surface area contributed by atoms with Crippen molar-refractivity contribution in [2.45, 2.75) is 25.0 Å². The number of amides is 2. The zero-order chi connectivity index (χ0) is 21.8. The number of nitrogens with one attached hydrogen (secondary N) is 1. The van der Waals surface area contributed by atoms with Crippen LogP contribution < -0.4 is 14.8 Å². The maximum absolute atomic E-state index is 13.4. The highest BCUT2D eigenvalue weighted by molar-refractivity contribution is 6.09. The zero-order valence-corrected chi connectivity index (χ0v) is 16.9. The first-order valence-corrected chi connectivity index (χ1v) is 10.2. The van der Waals surface area contributed by atoms with Crippen LogP contribution in [0.2, 0.25) is 0 Å². The summed E-state index contributed by atoms with van der Waals surface area (Å²) < 4.78 is 11.2. The van der Waals surface area contributed by atoms with Gasteiger partial charge >= 0.3 is 5.97 Å². The SMILES string of the molecule is CC1(C(=O)O)NC(c2ccc3c(c2)OCCO3)C2C(=O)N(Cc3ccccc3)C(=O)C21. The molecule has 160 valence electrons. The molecular weight excluding hydrogens is 400 g/mol. The highest BCUT2D eigenvalue weighted by Crippen LogP contribution is 2.50. The van der Waals surface area contributed by atoms with E-state index in [1.165, 1.54) is 11.8 Å². The fraction of sp³-hybridized carbons (Fsp3) is 0.348. The summed E-state index contributed by atoms with van der Waals surface area (Å²) in [6.45, 7) is 2.46. The molecule has 8 nitrogen and oxygen atoms in total. The van der Waals surface area contributed by atoms with Crippen molar-refractivity contribution in [1.29, 1.82) is 0 Å². The van der Waals surface area contributed by atoms with Gasteiger partial charge in [-0.05, 0) is 30.2 Å². The molecule has 0 bridgehead atoms. The first kappa shape index (κ1) is 19.6. The average molecular weight is 422 g/mol. The van der Waals surface area contributed by atoms with E-state index in [0.717, 1.165) is 5.56 Å². The van der Waals surface area contributed by atoms with Gasteiger partial charge in [-0.1, -0.05) is 36.4 Å². The fourth-order valence-corrected chi connectivity index (χ4v) is 4.86. The molecule has 5 rings (SSSR count). The van der Waals surface area contributed by atoms with Crippen LogP contribution in [0.5, 0.6) is 11.5 Å². The summed E-state index contributed by atoms with van der Waals surface area (Å²) in [7, 11) is 0. The van der Waals surface area contributed by atoms with Gasteiger partial charge in [0.05, 0.1) is 18.4 Å². The van der Waals surface area contributed by atoms with E-state index < -0.39 is 35.3 Å². The van der Waals surface area contributed by atoms with Gasteiger partial charge < -0.3 is 14.6 Å². The Labute approximate surface area is 178 Å². The lowest BCUT2D eigenvalue weighted by Gasteiger charge is -2.27. The molecule has 2 aromatic rings. The molecule has 0 radical (unpaired) electrons. The molecule has 0 saturated carbocycles. The Hall–Kier alpha value is -3.39. The van der Waals surface area contributed by atoms with Gasteiger partial charge in [0, 0.05) is 6.04 Å². The quantitative estimate of drug-likeness (QED) is 0.723. The van der Waals surface area contributed by atoms with E-state index in [0.29, 0.717) is 30.3 Å². The van der Waals surface area contributed by atoms with E-state index in [1.807, 2.05) is 30.3 Å². The van der Waals surface area contributed by atoms with Gasteiger partial charge in [0.1, 0.15) is 18.8 Å². The third-order valence-electron chi connectivity index (χ3n) is 6.43. The summed E-state index contributed by atoms with van der Waals surface area (Å²) in [5, 5.41) is 13.0. The molecule has 0 aromatic heterocycles. The van der Waals surface area contributed by atoms with Crippen LogP contribution in [0.1, 0.15) is 24.1 Å². The van der Waals surface area contributed by atoms with Crippen LogP contribution in [0.3, 0.4) is 0 Å². The Morgan fingerprint density at radius 2 is 1.81 bits per heavy atom. The zero-order valence-electron chi connectivity index (χ0n) is 16.9. The van der Waals surface area contributed by atoms with Crippen LogP contribution in [-0.4, -0.2) is 46.5 Å². The van der Waals surface area contributed by atoms with E-state index in [4.69, 9.17) is 9.47 Å². The monoisotopic (exact) mass is 422 g/mol. The van der Waals surface area contributed by atoms with E-state index >= 15 is 0 Å². The molecule has 31 heavy (non-hydrogen) atoms. The van der Waals surface area contributed by atoms with E-state index in [9.17, 15) is 19.5 Å². The Balaban J connectivity index is 1.53. The van der Waals surface area contributed by atoms with Gasteiger partial charge in [0.2, 0.25) is 11.8 Å². The normalized spacial score (nSPS) is 29.2. The standard InChI is InChI=1S/C23H22N2O6/c1-23(22(28)29)18-17(20(26)25(21(18)27)12-13-5-3-2-4-6-13)19(24-23)14-7-8-15-16(11-14)31-10-9-30-15/h2-8,11,17-19,24H,9-10,12H2,1H3,(H,28,29). The van der Waals surface area contributed by atoms with Crippen LogP contribution in [-0.2, 0) is 20.9 Å². The molecule has 4 unspecified atom stereocenters. The number of nitrogens with zero attached hydrogens (tertiary/aromatic N) is 1. The number of ether oxygens (including phenoxy) is 2. The minimum absolute atomic E-state index is 0.120. The lowest BCUT2D eigenvalue weighted by atomic mass is 9.80. The second kappa shape index (κ2) is 7.09. The number of carbonyl (C=O) groups excluding carboxylic acids is 2. The number of carbonyl (C=O) groups is 3. The minimum atomic E-state index is -1.57. The molecule has 2 amide bonds. The molecule has 2 saturated heterocycles. The van der Waals surface area contributed by atoms with Gasteiger partial charge in [0.15, 0.2) is 11.5 Å². The van der Waals surface area contributed by atoms with Crippen LogP contribution in [0.25, 0.3) is 0 Å². The summed E-state index contributed by atoms with van der Waals surface area (Å²) in [4.78, 5) is 40.1. The van der Waals surface area contributed by atoms with Gasteiger partial charge in [-0.2, -0.15) is 0 Å². The lowest BCUT2D eigenvalue weighted by Crippen LogP contribution is -2.53. The number of imide groups is 1. The molecular formula is C23H22N2O6. The number of likely N-dealkylation sites (tertiary alicyclic amines) is 1. The highest BCUT2D eigenvalue weighted by Gasteiger charge is 2.66. The average Bonchev–Trinajstić information content (AvgIpc) is 3.23. The van der Waals surface area contributed by atoms with Crippen LogP contribution in [0.4, 0.5) is 0 Å². The molecule has 0 aliphatic carbocycles. The number of rotatable bonds is 4. The maximum atomic E-state index is 13.4. The first-order chi connectivity index (χ1) is 14.9. The molecule has 3 aliphatic heterocycles. The number of carboxylic acids is 1. The molecule has 2 aromatic carbocycles. The fourth-order valence-electron chi connectivity index (χ4n) is 4.86. The number of hydrogen-bond acceptors (Lipinski definition) is 6. The largest absolute Gasteiger partial charge is 0.486 e. The molecule has 3 heterocycles. The van der Waals surface area contributed by atoms with Crippen molar-refractivity contribution in [3.05, 3.63) is 59.7 Å². The third kappa shape index (κ3) is 2.97. The lowest BCUT2D eigenvalue weighted by molar-refractivity contribution is -0.150. The van der Waals surface area contributed by atoms with Crippen LogP contribution in [0.15, 0.2) is 48.5 Å². The molecule has 4 atom stereocenters. The van der Waals surface area contributed by atoms with E-state index in [1.54, 1.807) is 18.2 Å². The molecule has 2 fully saturated rings. The van der Waals surface area contributed by atoms with E-state index in [2.05, 4.69) is 5.32 Å². The number of fused-ring (bicyclic) bond motifs is 2. The van der Waals surface area contributed by atoms with Gasteiger partial charge in [0.25, 0.3) is 0 Å². The number of hydrogen-bond donors (Lipinski definition) is 2. The number of carboxylic acid groups (broad SMARTS) is 1. The van der Waals surface area contributed by atoms with Crippen molar-refractivity contribution < 1.29 is 29.0 Å². The number of benzene rings is 2. The predicted octanol–water partition coefficient (Wildman–Crippen LogP) is 1.75. The van der Waals surface area contributed by atoms with Crippen molar-refractivity contribution in [3.63, 3.8) is 0 Å². The summed E-state index contributed by atoms with van der Waals surface area (Å²) in [6, 6.07) is 13.9. The summed E-state index contributed by atoms with van der Waals surface area (Å²) in [5.41, 5.74) is -0.0715. The summed E-state index contributed by atoms with van der Waals surface area (Å²) in [6.07, 6.45) is 0. The minimum Gasteiger partial charge on any atom is -0.486 e. The second-order valence-electron chi connectivity index (χ2n) is 8.28. The highest BCUT2D eigenvalue weighted by atomic mass is 16.6. The Morgan fingerprint density at radius 1 is 1.10 bits per heavy atom. The smallest absolute Gasteiger partial charge is 0.324 e. The Kier molecular flexibility index (Phi) is 4.48. The third-order valence-corrected chi connectivity index (χ3v) is 6.43. The molecule has 0 spiro atoms. The summed E-state index contributed by atoms with van der Waals surface area (Å²) >= 11 is 0. The second-order valence-corrected chi connectivity index (χ2v) is 8.28. The van der Waals surface area contributed by atoms with Crippen LogP contribution in [0, 0.1) is 11.8 Å². The predicted molar refractivity (Wildman–Crippen MR) is 108 cm³/mol. The Bertz CT molecular complexity index is 1070. The van der Waals surface area contributed by atoms with Crippen molar-refractivity contribution in [3.8, 4) is 11.5 Å². The van der Waals surface area contributed by atoms with Crippen molar-refractivity contribution >= 4 is 17.8 Å². The van der Waals surface area contributed by atoms with Gasteiger partial charge in [-0.25, -0.2) is 0 Å². The van der Waals surface area contributed by atoms with Gasteiger partial charge in [-0.3, -0.25) is 24.6 Å². The van der Waals surface area contributed by atoms with Crippen LogP contribution >= 0.6 is 0 Å². The molecule has 3 aliphatic rings.